The predicted octanol–water partition coefficient (Wildman–Crippen LogP) is 6.06. The smallest absolute Gasteiger partial charge is 0.229 e. The van der Waals surface area contributed by atoms with Crippen LogP contribution in [0.1, 0.15) is 38.2 Å². The van der Waals surface area contributed by atoms with Crippen LogP contribution in [0.25, 0.3) is 22.2 Å². The van der Waals surface area contributed by atoms with Crippen molar-refractivity contribution in [2.75, 3.05) is 43.5 Å². The van der Waals surface area contributed by atoms with Crippen LogP contribution < -0.4 is 15.0 Å². The van der Waals surface area contributed by atoms with E-state index in [1.54, 1.807) is 6.07 Å². The van der Waals surface area contributed by atoms with Gasteiger partial charge in [0, 0.05) is 22.5 Å². The van der Waals surface area contributed by atoms with E-state index in [0.717, 1.165) is 43.0 Å². The molecule has 0 atom stereocenters. The summed E-state index contributed by atoms with van der Waals surface area (Å²) in [6.45, 7) is 7.32. The maximum absolute atomic E-state index is 15.0. The normalized spacial score (nSPS) is 16.6. The van der Waals surface area contributed by atoms with Crippen LogP contribution in [0.4, 0.5) is 26.2 Å². The van der Waals surface area contributed by atoms with Gasteiger partial charge in [-0.15, -0.1) is 0 Å². The summed E-state index contributed by atoms with van der Waals surface area (Å²) in [5, 5.41) is 4.23. The lowest BCUT2D eigenvalue weighted by Crippen LogP contribution is -2.38. The third-order valence-electron chi connectivity index (χ3n) is 7.64. The SMILES string of the molecule is CC(C)N1CCOc2c(F)cc(-c3nc(Nc4cc5ccc(C6CCN(C)CC6)cc5[nH]4)ncc3F)cc21. The number of hydrogen-bond acceptors (Lipinski definition) is 6. The van der Waals surface area contributed by atoms with Crippen LogP contribution in [-0.2, 0) is 0 Å². The van der Waals surface area contributed by atoms with Gasteiger partial charge in [0.1, 0.15) is 18.1 Å². The molecule has 0 radical (unpaired) electrons. The number of rotatable bonds is 5. The molecule has 38 heavy (non-hydrogen) atoms. The van der Waals surface area contributed by atoms with Crippen molar-refractivity contribution in [3.05, 3.63) is 59.8 Å². The Morgan fingerprint density at radius 2 is 1.87 bits per heavy atom. The highest BCUT2D eigenvalue weighted by molar-refractivity contribution is 5.85. The van der Waals surface area contributed by atoms with Crippen molar-refractivity contribution in [3.63, 3.8) is 0 Å². The molecule has 4 aromatic rings. The molecule has 7 nitrogen and oxygen atoms in total. The molecule has 0 unspecified atom stereocenters. The zero-order valence-electron chi connectivity index (χ0n) is 21.9. The Hall–Kier alpha value is -3.72. The van der Waals surface area contributed by atoms with E-state index in [1.165, 1.54) is 11.6 Å². The number of nitrogens with one attached hydrogen (secondary N) is 2. The molecule has 0 saturated carbocycles. The Balaban J connectivity index is 1.28. The largest absolute Gasteiger partial charge is 0.486 e. The van der Waals surface area contributed by atoms with Crippen LogP contribution >= 0.6 is 0 Å². The number of halogens is 2. The van der Waals surface area contributed by atoms with Crippen molar-refractivity contribution in [3.8, 4) is 17.0 Å². The topological polar surface area (TPSA) is 69.3 Å². The summed E-state index contributed by atoms with van der Waals surface area (Å²) in [4.78, 5) is 16.4. The molecule has 2 aromatic heterocycles. The average molecular weight is 519 g/mol. The number of anilines is 3. The molecule has 2 aliphatic rings. The first kappa shape index (κ1) is 24.6. The number of aromatic amines is 1. The summed E-state index contributed by atoms with van der Waals surface area (Å²) >= 11 is 0. The second kappa shape index (κ2) is 9.87. The molecule has 2 aromatic carbocycles. The fraction of sp³-hybridized carbons (Fsp3) is 0.379. The molecule has 198 valence electrons. The molecular formula is C29H32F2N6O. The quantitative estimate of drug-likeness (QED) is 0.335. The standard InChI is InChI=1S/C29H32F2N6O/c1-17(2)37-10-11-38-28-22(30)12-21(14-25(28)37)27-23(31)16-32-29(35-27)34-26-15-20-5-4-19(13-24(20)33-26)18-6-8-36(3)9-7-18/h4-5,12-18,33H,6-11H2,1-3H3,(H,32,34,35). The number of aromatic nitrogens is 3. The van der Waals surface area contributed by atoms with Gasteiger partial charge in [-0.3, -0.25) is 0 Å². The number of fused-ring (bicyclic) bond motifs is 2. The number of nitrogens with zero attached hydrogens (tertiary/aromatic N) is 4. The van der Waals surface area contributed by atoms with Gasteiger partial charge in [0.2, 0.25) is 5.95 Å². The van der Waals surface area contributed by atoms with Gasteiger partial charge < -0.3 is 24.8 Å². The summed E-state index contributed by atoms with van der Waals surface area (Å²) in [5.41, 5.74) is 3.33. The predicted molar refractivity (Wildman–Crippen MR) is 146 cm³/mol. The third kappa shape index (κ3) is 4.67. The highest BCUT2D eigenvalue weighted by atomic mass is 19.1. The molecule has 2 N–H and O–H groups in total. The second-order valence-electron chi connectivity index (χ2n) is 10.6. The van der Waals surface area contributed by atoms with Gasteiger partial charge in [0.25, 0.3) is 0 Å². The van der Waals surface area contributed by atoms with Crippen LogP contribution in [0.15, 0.2) is 42.6 Å². The Kier molecular flexibility index (Phi) is 6.39. The minimum absolute atomic E-state index is 0.0270. The summed E-state index contributed by atoms with van der Waals surface area (Å²) in [6, 6.07) is 11.7. The molecule has 0 amide bonds. The van der Waals surface area contributed by atoms with Gasteiger partial charge in [0.15, 0.2) is 17.4 Å². The molecule has 9 heteroatoms. The fourth-order valence-electron chi connectivity index (χ4n) is 5.53. The monoisotopic (exact) mass is 518 g/mol. The van der Waals surface area contributed by atoms with E-state index < -0.39 is 11.6 Å². The zero-order chi connectivity index (χ0) is 26.4. The Morgan fingerprint density at radius 3 is 2.66 bits per heavy atom. The van der Waals surface area contributed by atoms with Crippen LogP contribution in [-0.4, -0.2) is 59.2 Å². The Morgan fingerprint density at radius 1 is 1.05 bits per heavy atom. The lowest BCUT2D eigenvalue weighted by atomic mass is 9.89. The number of H-pyrrole nitrogens is 1. The number of ether oxygens (including phenoxy) is 1. The van der Waals surface area contributed by atoms with E-state index >= 15 is 0 Å². The Labute approximate surface area is 220 Å². The second-order valence-corrected chi connectivity index (χ2v) is 10.6. The number of likely N-dealkylation sites (tertiary alicyclic amines) is 1. The minimum Gasteiger partial charge on any atom is -0.486 e. The van der Waals surface area contributed by atoms with Crippen LogP contribution in [0.5, 0.6) is 5.75 Å². The van der Waals surface area contributed by atoms with Gasteiger partial charge in [-0.2, -0.15) is 0 Å². The van der Waals surface area contributed by atoms with E-state index in [2.05, 4.69) is 50.4 Å². The van der Waals surface area contributed by atoms with Crippen molar-refractivity contribution < 1.29 is 13.5 Å². The fourth-order valence-corrected chi connectivity index (χ4v) is 5.53. The van der Waals surface area contributed by atoms with Crippen molar-refractivity contribution in [1.82, 2.24) is 19.9 Å². The summed E-state index contributed by atoms with van der Waals surface area (Å²) in [7, 11) is 2.17. The van der Waals surface area contributed by atoms with Crippen molar-refractivity contribution in [1.29, 1.82) is 0 Å². The maximum Gasteiger partial charge on any atom is 0.229 e. The van der Waals surface area contributed by atoms with Gasteiger partial charge in [-0.05, 0) is 82.6 Å². The van der Waals surface area contributed by atoms with Gasteiger partial charge >= 0.3 is 0 Å². The number of benzene rings is 2. The molecule has 6 rings (SSSR count). The lowest BCUT2D eigenvalue weighted by Gasteiger charge is -2.34. The molecular weight excluding hydrogens is 486 g/mol. The summed E-state index contributed by atoms with van der Waals surface area (Å²) in [5.74, 6) is 0.521. The van der Waals surface area contributed by atoms with Crippen LogP contribution in [0.3, 0.4) is 0 Å². The molecule has 0 bridgehead atoms. The number of piperidine rings is 1. The van der Waals surface area contributed by atoms with Crippen molar-refractivity contribution >= 4 is 28.4 Å². The molecule has 0 aliphatic carbocycles. The first-order valence-electron chi connectivity index (χ1n) is 13.2. The van der Waals surface area contributed by atoms with E-state index in [4.69, 9.17) is 4.74 Å². The van der Waals surface area contributed by atoms with Crippen LogP contribution in [0, 0.1) is 11.6 Å². The van der Waals surface area contributed by atoms with Gasteiger partial charge in [0.05, 0.1) is 18.4 Å². The summed E-state index contributed by atoms with van der Waals surface area (Å²) < 4.78 is 35.5. The van der Waals surface area contributed by atoms with Crippen molar-refractivity contribution in [2.24, 2.45) is 0 Å². The van der Waals surface area contributed by atoms with E-state index in [9.17, 15) is 8.78 Å². The number of hydrogen-bond donors (Lipinski definition) is 2. The molecule has 0 spiro atoms. The first-order valence-corrected chi connectivity index (χ1v) is 13.2. The molecule has 1 fully saturated rings. The van der Waals surface area contributed by atoms with Crippen LogP contribution in [0.2, 0.25) is 0 Å². The Bertz CT molecular complexity index is 1480. The lowest BCUT2D eigenvalue weighted by molar-refractivity contribution is 0.255. The highest BCUT2D eigenvalue weighted by Crippen LogP contribution is 2.39. The molecule has 2 aliphatic heterocycles. The van der Waals surface area contributed by atoms with E-state index in [0.29, 0.717) is 36.1 Å². The highest BCUT2D eigenvalue weighted by Gasteiger charge is 2.26. The minimum atomic E-state index is -0.623. The van der Waals surface area contributed by atoms with Gasteiger partial charge in [-0.25, -0.2) is 18.7 Å². The maximum atomic E-state index is 15.0. The molecule has 1 saturated heterocycles. The average Bonchev–Trinajstić information content (AvgIpc) is 3.31. The van der Waals surface area contributed by atoms with Gasteiger partial charge in [-0.1, -0.05) is 12.1 Å². The van der Waals surface area contributed by atoms with E-state index in [-0.39, 0.29) is 23.4 Å². The zero-order valence-corrected chi connectivity index (χ0v) is 21.9. The third-order valence-corrected chi connectivity index (χ3v) is 7.64. The van der Waals surface area contributed by atoms with Crippen molar-refractivity contribution in [2.45, 2.75) is 38.6 Å². The first-order chi connectivity index (χ1) is 18.4. The molecule has 4 heterocycles. The summed E-state index contributed by atoms with van der Waals surface area (Å²) in [6.07, 6.45) is 3.42. The van der Waals surface area contributed by atoms with E-state index in [1.807, 2.05) is 24.8 Å².